The number of rotatable bonds is 7. The molecule has 33 heavy (non-hydrogen) atoms. The summed E-state index contributed by atoms with van der Waals surface area (Å²) in [6.07, 6.45) is 1.99. The fraction of sp³-hybridized carbons (Fsp3) is 0.625. The van der Waals surface area contributed by atoms with Gasteiger partial charge in [-0.3, -0.25) is 9.69 Å². The smallest absolute Gasteiger partial charge is 0.401 e. The topological polar surface area (TPSA) is 57.4 Å². The van der Waals surface area contributed by atoms with Crippen molar-refractivity contribution in [3.8, 4) is 5.75 Å². The van der Waals surface area contributed by atoms with E-state index in [0.717, 1.165) is 41.6 Å². The lowest BCUT2D eigenvalue weighted by atomic mass is 9.84. The van der Waals surface area contributed by atoms with Crippen LogP contribution in [0.3, 0.4) is 0 Å². The third-order valence-electron chi connectivity index (χ3n) is 7.48. The number of anilines is 1. The Morgan fingerprint density at radius 3 is 2.58 bits per heavy atom. The predicted molar refractivity (Wildman–Crippen MR) is 122 cm³/mol. The van der Waals surface area contributed by atoms with E-state index in [-0.39, 0.29) is 17.2 Å². The molecule has 2 N–H and O–H groups in total. The number of aromatic amines is 1. The second kappa shape index (κ2) is 9.02. The molecule has 1 unspecified atom stereocenters. The molecule has 5 rings (SSSR count). The first-order valence-corrected chi connectivity index (χ1v) is 12.1. The fourth-order valence-corrected chi connectivity index (χ4v) is 6.20. The quantitative estimate of drug-likeness (QED) is 0.517. The molecular formula is C24H29ClF3N3O2. The van der Waals surface area contributed by atoms with Crippen molar-refractivity contribution in [1.29, 1.82) is 0 Å². The average molecular weight is 484 g/mol. The lowest BCUT2D eigenvalue weighted by Gasteiger charge is -2.29. The number of carbonyl (C=O) groups is 1. The molecule has 2 saturated carbocycles. The Hall–Kier alpha value is -1.93. The number of ether oxygens (including phenoxy) is 1. The number of amides is 1. The van der Waals surface area contributed by atoms with Crippen molar-refractivity contribution in [2.45, 2.75) is 43.7 Å². The molecule has 1 saturated heterocycles. The van der Waals surface area contributed by atoms with Crippen molar-refractivity contribution in [3.63, 3.8) is 0 Å². The van der Waals surface area contributed by atoms with Gasteiger partial charge in [0, 0.05) is 41.5 Å². The normalized spacial score (nSPS) is 29.8. The van der Waals surface area contributed by atoms with Crippen LogP contribution in [-0.4, -0.2) is 53.6 Å². The Labute approximate surface area is 196 Å². The lowest BCUT2D eigenvalue weighted by molar-refractivity contribution is -0.144. The zero-order valence-corrected chi connectivity index (χ0v) is 19.1. The summed E-state index contributed by atoms with van der Waals surface area (Å²) in [5.41, 5.74) is 1.67. The highest BCUT2D eigenvalue weighted by Gasteiger charge is 2.43. The maximum Gasteiger partial charge on any atom is 0.401 e. The highest BCUT2D eigenvalue weighted by atomic mass is 35.5. The van der Waals surface area contributed by atoms with Gasteiger partial charge in [0.2, 0.25) is 5.91 Å². The first-order chi connectivity index (χ1) is 15.7. The van der Waals surface area contributed by atoms with Gasteiger partial charge in [-0.15, -0.1) is 11.6 Å². The second-order valence-corrected chi connectivity index (χ2v) is 10.6. The number of hydrogen-bond acceptors (Lipinski definition) is 3. The van der Waals surface area contributed by atoms with E-state index >= 15 is 0 Å². The molecule has 1 aromatic carbocycles. The summed E-state index contributed by atoms with van der Waals surface area (Å²) in [6, 6.07) is 5.78. The predicted octanol–water partition coefficient (Wildman–Crippen LogP) is 5.41. The lowest BCUT2D eigenvalue weighted by Crippen LogP contribution is -2.34. The first-order valence-electron chi connectivity index (χ1n) is 11.7. The van der Waals surface area contributed by atoms with Crippen LogP contribution < -0.4 is 10.1 Å². The van der Waals surface area contributed by atoms with E-state index in [1.807, 2.05) is 18.2 Å². The summed E-state index contributed by atoms with van der Waals surface area (Å²) in [6.45, 7) is 0.915. The summed E-state index contributed by atoms with van der Waals surface area (Å²) in [5.74, 6) is 1.99. The Morgan fingerprint density at radius 1 is 1.18 bits per heavy atom. The van der Waals surface area contributed by atoms with E-state index < -0.39 is 12.7 Å². The van der Waals surface area contributed by atoms with E-state index in [4.69, 9.17) is 16.3 Å². The van der Waals surface area contributed by atoms with Gasteiger partial charge in [-0.1, -0.05) is 0 Å². The monoisotopic (exact) mass is 483 g/mol. The number of fused-ring (bicyclic) bond motifs is 2. The molecule has 0 spiro atoms. The van der Waals surface area contributed by atoms with Crippen LogP contribution in [0, 0.1) is 23.7 Å². The largest absolute Gasteiger partial charge is 0.494 e. The van der Waals surface area contributed by atoms with Crippen LogP contribution in [0.5, 0.6) is 5.75 Å². The van der Waals surface area contributed by atoms with Crippen LogP contribution in [0.2, 0.25) is 0 Å². The summed E-state index contributed by atoms with van der Waals surface area (Å²) in [7, 11) is 0. The van der Waals surface area contributed by atoms with Crippen LogP contribution in [0.15, 0.2) is 24.4 Å². The molecule has 2 heterocycles. The highest BCUT2D eigenvalue weighted by molar-refractivity contribution is 6.21. The number of H-pyrrole nitrogens is 1. The number of likely N-dealkylation sites (tertiary alicyclic amines) is 1. The number of halogens is 4. The van der Waals surface area contributed by atoms with Gasteiger partial charge in [0.25, 0.3) is 0 Å². The van der Waals surface area contributed by atoms with Gasteiger partial charge in [0.15, 0.2) is 0 Å². The molecule has 3 atom stereocenters. The fourth-order valence-electron chi connectivity index (χ4n) is 5.77. The summed E-state index contributed by atoms with van der Waals surface area (Å²) < 4.78 is 43.9. The number of carbonyl (C=O) groups excluding carboxylic acids is 1. The van der Waals surface area contributed by atoms with E-state index in [0.29, 0.717) is 50.3 Å². The molecular weight excluding hydrogens is 455 g/mol. The Morgan fingerprint density at radius 2 is 1.91 bits per heavy atom. The van der Waals surface area contributed by atoms with Gasteiger partial charge in [-0.25, -0.2) is 0 Å². The van der Waals surface area contributed by atoms with Gasteiger partial charge in [-0.05, 0) is 68.1 Å². The van der Waals surface area contributed by atoms with E-state index in [2.05, 4.69) is 10.3 Å². The summed E-state index contributed by atoms with van der Waals surface area (Å²) in [4.78, 5) is 17.1. The Balaban J connectivity index is 1.10. The van der Waals surface area contributed by atoms with Crippen molar-refractivity contribution in [2.24, 2.45) is 23.7 Å². The molecule has 180 valence electrons. The van der Waals surface area contributed by atoms with Crippen molar-refractivity contribution in [3.05, 3.63) is 24.4 Å². The van der Waals surface area contributed by atoms with Crippen LogP contribution in [0.1, 0.15) is 32.1 Å². The van der Waals surface area contributed by atoms with Gasteiger partial charge >= 0.3 is 6.18 Å². The molecule has 9 heteroatoms. The highest BCUT2D eigenvalue weighted by Crippen LogP contribution is 2.43. The van der Waals surface area contributed by atoms with Gasteiger partial charge in [0.05, 0.1) is 18.8 Å². The minimum Gasteiger partial charge on any atom is -0.494 e. The number of benzene rings is 1. The third kappa shape index (κ3) is 5.27. The van der Waals surface area contributed by atoms with Crippen LogP contribution in [-0.2, 0) is 4.79 Å². The van der Waals surface area contributed by atoms with Gasteiger partial charge in [-0.2, -0.15) is 13.2 Å². The Kier molecular flexibility index (Phi) is 6.25. The van der Waals surface area contributed by atoms with E-state index in [1.54, 1.807) is 11.1 Å². The second-order valence-electron chi connectivity index (χ2n) is 9.97. The zero-order chi connectivity index (χ0) is 23.2. The SMILES string of the molecule is O=C(Nc1c[nH]c2ccc(OCCC3C[C@@H]4CN(CC(F)(F)F)C[C@@H]4C3)cc12)C1CC(Cl)C1. The molecule has 3 aliphatic rings. The molecule has 1 aromatic heterocycles. The molecule has 0 radical (unpaired) electrons. The molecule has 0 bridgehead atoms. The van der Waals surface area contributed by atoms with Crippen LogP contribution in [0.25, 0.3) is 10.9 Å². The van der Waals surface area contributed by atoms with Crippen molar-refractivity contribution in [1.82, 2.24) is 9.88 Å². The molecule has 1 aliphatic heterocycles. The minimum atomic E-state index is -4.11. The summed E-state index contributed by atoms with van der Waals surface area (Å²) >= 11 is 5.99. The van der Waals surface area contributed by atoms with Crippen molar-refractivity contribution < 1.29 is 22.7 Å². The number of nitrogens with one attached hydrogen (secondary N) is 2. The standard InChI is InChI=1S/C24H29ClF3N3O2/c25-18-7-15(8-18)23(32)30-22-10-29-21-2-1-19(9-20(21)22)33-4-3-14-5-16-11-31(12-17(16)6-14)13-24(26,27)28/h1-2,9-10,14-18,29H,3-8,11-13H2,(H,30,32)/t14?,15?,16-,17+,18?. The first kappa shape index (κ1) is 22.8. The molecule has 3 fully saturated rings. The third-order valence-corrected chi connectivity index (χ3v) is 7.84. The minimum absolute atomic E-state index is 0.000275. The number of hydrogen-bond donors (Lipinski definition) is 2. The average Bonchev–Trinajstić information content (AvgIpc) is 3.37. The van der Waals surface area contributed by atoms with Crippen LogP contribution >= 0.6 is 11.6 Å². The van der Waals surface area contributed by atoms with Gasteiger partial charge < -0.3 is 15.0 Å². The number of alkyl halides is 4. The van der Waals surface area contributed by atoms with Crippen molar-refractivity contribution >= 4 is 34.1 Å². The number of aromatic nitrogens is 1. The summed E-state index contributed by atoms with van der Waals surface area (Å²) in [5, 5.41) is 4.00. The molecule has 5 nitrogen and oxygen atoms in total. The van der Waals surface area contributed by atoms with Gasteiger partial charge in [0.1, 0.15) is 5.75 Å². The maximum absolute atomic E-state index is 12.6. The Bertz CT molecular complexity index is 990. The van der Waals surface area contributed by atoms with E-state index in [9.17, 15) is 18.0 Å². The zero-order valence-electron chi connectivity index (χ0n) is 18.3. The van der Waals surface area contributed by atoms with Crippen LogP contribution in [0.4, 0.5) is 18.9 Å². The number of nitrogens with zero attached hydrogens (tertiary/aromatic N) is 1. The molecule has 2 aliphatic carbocycles. The maximum atomic E-state index is 12.6. The molecule has 1 amide bonds. The van der Waals surface area contributed by atoms with Crippen molar-refractivity contribution in [2.75, 3.05) is 31.6 Å². The van der Waals surface area contributed by atoms with E-state index in [1.165, 1.54) is 0 Å². The molecule has 2 aromatic rings.